The molecule has 2 rings (SSSR count). The number of hydrogen-bond acceptors (Lipinski definition) is 4. The van der Waals surface area contributed by atoms with Crippen molar-refractivity contribution in [3.05, 3.63) is 24.0 Å². The molecule has 1 saturated carbocycles. The van der Waals surface area contributed by atoms with Crippen LogP contribution in [0.3, 0.4) is 0 Å². The first-order chi connectivity index (χ1) is 10.0. The molecule has 2 N–H and O–H groups in total. The van der Waals surface area contributed by atoms with Crippen LogP contribution in [0.5, 0.6) is 0 Å². The molecule has 0 bridgehead atoms. The predicted octanol–water partition coefficient (Wildman–Crippen LogP) is 1.14. The molecule has 5 nitrogen and oxygen atoms in total. The first kappa shape index (κ1) is 16.0. The summed E-state index contributed by atoms with van der Waals surface area (Å²) in [5.74, 6) is 6.55. The Kier molecular flexibility index (Phi) is 5.34. The van der Waals surface area contributed by atoms with Gasteiger partial charge in [0.15, 0.2) is 0 Å². The van der Waals surface area contributed by atoms with Crippen molar-refractivity contribution >= 4 is 10.0 Å². The fourth-order valence-electron chi connectivity index (χ4n) is 2.01. The lowest BCUT2D eigenvalue weighted by atomic mass is 10.1. The molecule has 114 valence electrons. The van der Waals surface area contributed by atoms with Gasteiger partial charge in [0.25, 0.3) is 0 Å². The summed E-state index contributed by atoms with van der Waals surface area (Å²) < 4.78 is 27.1. The molecular weight excluding hydrogens is 288 g/mol. The van der Waals surface area contributed by atoms with Crippen LogP contribution in [0.15, 0.2) is 23.4 Å². The Morgan fingerprint density at radius 3 is 2.90 bits per heavy atom. The van der Waals surface area contributed by atoms with Gasteiger partial charge in [0.2, 0.25) is 10.0 Å². The molecule has 1 aliphatic carbocycles. The van der Waals surface area contributed by atoms with Gasteiger partial charge in [-0.3, -0.25) is 4.98 Å². The largest absolute Gasteiger partial charge is 0.395 e. The van der Waals surface area contributed by atoms with E-state index in [1.165, 1.54) is 31.3 Å². The lowest BCUT2D eigenvalue weighted by Crippen LogP contribution is -2.29. The van der Waals surface area contributed by atoms with E-state index in [-0.39, 0.29) is 11.5 Å². The third-order valence-electron chi connectivity index (χ3n) is 3.52. The Hall–Kier alpha value is -1.42. The lowest BCUT2D eigenvalue weighted by Gasteiger charge is -2.11. The smallest absolute Gasteiger partial charge is 0.242 e. The molecule has 1 heterocycles. The van der Waals surface area contributed by atoms with E-state index < -0.39 is 10.0 Å². The molecule has 1 atom stereocenters. The molecule has 1 unspecified atom stereocenters. The molecule has 1 aliphatic rings. The van der Waals surface area contributed by atoms with E-state index in [0.29, 0.717) is 30.4 Å². The number of nitrogens with zero attached hydrogens (tertiary/aromatic N) is 1. The number of aromatic nitrogens is 1. The number of nitrogens with one attached hydrogen (secondary N) is 1. The van der Waals surface area contributed by atoms with Crippen LogP contribution < -0.4 is 4.72 Å². The summed E-state index contributed by atoms with van der Waals surface area (Å²) in [7, 11) is -3.54. The van der Waals surface area contributed by atoms with Crippen molar-refractivity contribution in [2.75, 3.05) is 13.2 Å². The zero-order valence-corrected chi connectivity index (χ0v) is 12.9. The summed E-state index contributed by atoms with van der Waals surface area (Å²) in [4.78, 5) is 4.05. The van der Waals surface area contributed by atoms with E-state index in [9.17, 15) is 8.42 Å². The van der Waals surface area contributed by atoms with Crippen molar-refractivity contribution in [1.29, 1.82) is 0 Å². The number of aliphatic hydroxyl groups is 1. The quantitative estimate of drug-likeness (QED) is 0.772. The minimum atomic E-state index is -3.54. The standard InChI is InChI=1S/C15H20N2O3S/c1-12(14-5-6-14)9-17-21(19,20)15-8-13(10-16-11-15)4-2-3-7-18/h8,10-12,14,17-18H,3,5-7,9H2,1H3. The maximum absolute atomic E-state index is 12.2. The van der Waals surface area contributed by atoms with E-state index >= 15 is 0 Å². The molecule has 6 heteroatoms. The van der Waals surface area contributed by atoms with Crippen LogP contribution in [0.2, 0.25) is 0 Å². The summed E-state index contributed by atoms with van der Waals surface area (Å²) in [6.45, 7) is 2.50. The van der Waals surface area contributed by atoms with Gasteiger partial charge in [0, 0.05) is 30.9 Å². The number of hydrogen-bond donors (Lipinski definition) is 2. The Morgan fingerprint density at radius 1 is 1.48 bits per heavy atom. The van der Waals surface area contributed by atoms with Crippen LogP contribution in [0, 0.1) is 23.7 Å². The first-order valence-electron chi connectivity index (χ1n) is 7.07. The van der Waals surface area contributed by atoms with Gasteiger partial charge in [-0.15, -0.1) is 0 Å². The number of rotatable bonds is 6. The predicted molar refractivity (Wildman–Crippen MR) is 79.9 cm³/mol. The molecule has 0 aliphatic heterocycles. The van der Waals surface area contributed by atoms with Gasteiger partial charge >= 0.3 is 0 Å². The molecule has 1 aromatic heterocycles. The Balaban J connectivity index is 2.05. The highest BCUT2D eigenvalue weighted by molar-refractivity contribution is 7.89. The number of sulfonamides is 1. The second-order valence-corrected chi connectivity index (χ2v) is 7.12. The van der Waals surface area contributed by atoms with Crippen molar-refractivity contribution < 1.29 is 13.5 Å². The van der Waals surface area contributed by atoms with Gasteiger partial charge in [-0.25, -0.2) is 13.1 Å². The number of aliphatic hydroxyl groups excluding tert-OH is 1. The highest BCUT2D eigenvalue weighted by Crippen LogP contribution is 2.36. The van der Waals surface area contributed by atoms with E-state index in [4.69, 9.17) is 5.11 Å². The Bertz CT molecular complexity index is 642. The van der Waals surface area contributed by atoms with E-state index in [1.807, 2.05) is 0 Å². The van der Waals surface area contributed by atoms with Gasteiger partial charge in [-0.1, -0.05) is 18.8 Å². The summed E-state index contributed by atoms with van der Waals surface area (Å²) in [5.41, 5.74) is 0.529. The molecule has 0 aromatic carbocycles. The first-order valence-corrected chi connectivity index (χ1v) is 8.55. The topological polar surface area (TPSA) is 79.3 Å². The maximum atomic E-state index is 12.2. The molecular formula is C15H20N2O3S. The highest BCUT2D eigenvalue weighted by Gasteiger charge is 2.28. The third-order valence-corrected chi connectivity index (χ3v) is 4.91. The summed E-state index contributed by atoms with van der Waals surface area (Å²) >= 11 is 0. The van der Waals surface area contributed by atoms with Crippen LogP contribution >= 0.6 is 0 Å². The van der Waals surface area contributed by atoms with Gasteiger partial charge in [0.05, 0.1) is 6.61 Å². The minimum Gasteiger partial charge on any atom is -0.395 e. The van der Waals surface area contributed by atoms with Crippen LogP contribution in [0.1, 0.15) is 31.7 Å². The molecule has 21 heavy (non-hydrogen) atoms. The Morgan fingerprint density at radius 2 is 2.24 bits per heavy atom. The van der Waals surface area contributed by atoms with E-state index in [2.05, 4.69) is 28.5 Å². The zero-order chi connectivity index (χ0) is 15.3. The Labute approximate surface area is 125 Å². The second-order valence-electron chi connectivity index (χ2n) is 5.35. The monoisotopic (exact) mass is 308 g/mol. The average Bonchev–Trinajstić information content (AvgIpc) is 3.30. The summed E-state index contributed by atoms with van der Waals surface area (Å²) in [5, 5.41) is 8.68. The molecule has 1 aromatic rings. The SMILES string of the molecule is CC(CNS(=O)(=O)c1cncc(C#CCCO)c1)C1CC1. The normalized spacial score (nSPS) is 16.1. The molecule has 0 amide bonds. The van der Waals surface area contributed by atoms with Crippen molar-refractivity contribution in [1.82, 2.24) is 9.71 Å². The maximum Gasteiger partial charge on any atom is 0.242 e. The van der Waals surface area contributed by atoms with Gasteiger partial charge in [0.1, 0.15) is 4.90 Å². The van der Waals surface area contributed by atoms with Gasteiger partial charge in [-0.2, -0.15) is 0 Å². The van der Waals surface area contributed by atoms with Crippen LogP contribution in [0.25, 0.3) is 0 Å². The van der Waals surface area contributed by atoms with Gasteiger partial charge in [-0.05, 0) is 30.7 Å². The van der Waals surface area contributed by atoms with Crippen LogP contribution in [0.4, 0.5) is 0 Å². The highest BCUT2D eigenvalue weighted by atomic mass is 32.2. The van der Waals surface area contributed by atoms with Gasteiger partial charge < -0.3 is 5.11 Å². The summed E-state index contributed by atoms with van der Waals surface area (Å²) in [6.07, 6.45) is 5.58. The fraction of sp³-hybridized carbons (Fsp3) is 0.533. The van der Waals surface area contributed by atoms with Crippen molar-refractivity contribution in [3.63, 3.8) is 0 Å². The van der Waals surface area contributed by atoms with Crippen LogP contribution in [-0.2, 0) is 10.0 Å². The van der Waals surface area contributed by atoms with Crippen molar-refractivity contribution in [2.24, 2.45) is 11.8 Å². The van der Waals surface area contributed by atoms with Crippen LogP contribution in [-0.4, -0.2) is 31.7 Å². The second kappa shape index (κ2) is 7.03. The fourth-order valence-corrected chi connectivity index (χ4v) is 3.14. The molecule has 0 spiro atoms. The zero-order valence-electron chi connectivity index (χ0n) is 12.0. The van der Waals surface area contributed by atoms with E-state index in [0.717, 1.165) is 0 Å². The van der Waals surface area contributed by atoms with Crippen molar-refractivity contribution in [3.8, 4) is 11.8 Å². The summed E-state index contributed by atoms with van der Waals surface area (Å²) in [6, 6.07) is 1.50. The van der Waals surface area contributed by atoms with Crippen molar-refractivity contribution in [2.45, 2.75) is 31.1 Å². The third kappa shape index (κ3) is 4.81. The lowest BCUT2D eigenvalue weighted by molar-refractivity contribution is 0.305. The van der Waals surface area contributed by atoms with E-state index in [1.54, 1.807) is 0 Å². The minimum absolute atomic E-state index is 0.0149. The molecule has 1 fully saturated rings. The molecule has 0 saturated heterocycles. The number of pyridine rings is 1. The average molecular weight is 308 g/mol. The molecule has 0 radical (unpaired) electrons.